The Labute approximate surface area is 174 Å². The van der Waals surface area contributed by atoms with Gasteiger partial charge in [-0.05, 0) is 24.9 Å². The Hall–Kier alpha value is -2.66. The molecule has 3 heterocycles. The van der Waals surface area contributed by atoms with Crippen molar-refractivity contribution in [3.8, 4) is 11.8 Å². The highest BCUT2D eigenvalue weighted by Gasteiger charge is 2.23. The van der Waals surface area contributed by atoms with E-state index in [-0.39, 0.29) is 5.91 Å². The first kappa shape index (κ1) is 21.1. The fraction of sp³-hybridized carbons (Fsp3) is 0.500. The van der Waals surface area contributed by atoms with Crippen LogP contribution < -0.4 is 19.7 Å². The molecular weight excluding hydrogens is 394 g/mol. The molecule has 0 aromatic carbocycles. The molecular formula is C18H25N7O3S. The number of amides is 1. The summed E-state index contributed by atoms with van der Waals surface area (Å²) >= 11 is 1.22. The van der Waals surface area contributed by atoms with Crippen molar-refractivity contribution in [2.24, 2.45) is 0 Å². The van der Waals surface area contributed by atoms with Crippen LogP contribution in [0.4, 0.5) is 11.8 Å². The summed E-state index contributed by atoms with van der Waals surface area (Å²) in [5.41, 5.74) is 0. The molecule has 0 radical (unpaired) electrons. The Balaban J connectivity index is 1.87. The molecule has 0 spiro atoms. The summed E-state index contributed by atoms with van der Waals surface area (Å²) in [5.74, 6) is 1.67. The van der Waals surface area contributed by atoms with E-state index < -0.39 is 0 Å². The van der Waals surface area contributed by atoms with Crippen molar-refractivity contribution >= 4 is 29.4 Å². The van der Waals surface area contributed by atoms with Crippen molar-refractivity contribution in [1.82, 2.24) is 24.8 Å². The highest BCUT2D eigenvalue weighted by Crippen LogP contribution is 2.39. The van der Waals surface area contributed by atoms with Gasteiger partial charge in [0.25, 0.3) is 0 Å². The molecule has 11 heteroatoms. The largest absolute Gasteiger partial charge is 0.480 e. The minimum Gasteiger partial charge on any atom is -0.480 e. The van der Waals surface area contributed by atoms with Crippen LogP contribution in [0.2, 0.25) is 0 Å². The number of hydrogen-bond acceptors (Lipinski definition) is 10. The van der Waals surface area contributed by atoms with Crippen LogP contribution in [-0.2, 0) is 4.79 Å². The zero-order valence-corrected chi connectivity index (χ0v) is 17.8. The Bertz CT molecular complexity index is 834. The second kappa shape index (κ2) is 9.70. The van der Waals surface area contributed by atoms with Crippen molar-refractivity contribution in [3.63, 3.8) is 0 Å². The second-order valence-electron chi connectivity index (χ2n) is 6.39. The maximum atomic E-state index is 11.6. The number of carbonyl (C=O) groups excluding carboxylic acids is 1. The fourth-order valence-corrected chi connectivity index (χ4v) is 3.57. The molecule has 0 unspecified atom stereocenters. The third kappa shape index (κ3) is 5.24. The van der Waals surface area contributed by atoms with Gasteiger partial charge in [0.15, 0.2) is 5.16 Å². The number of carbonyl (C=O) groups is 1. The maximum absolute atomic E-state index is 11.6. The molecule has 1 amide bonds. The predicted molar refractivity (Wildman–Crippen MR) is 110 cm³/mol. The smallest absolute Gasteiger partial charge is 0.236 e. The van der Waals surface area contributed by atoms with E-state index in [9.17, 15) is 4.79 Å². The van der Waals surface area contributed by atoms with Gasteiger partial charge in [-0.3, -0.25) is 4.79 Å². The van der Waals surface area contributed by atoms with Crippen LogP contribution in [0.5, 0.6) is 11.8 Å². The maximum Gasteiger partial charge on any atom is 0.236 e. The van der Waals surface area contributed by atoms with Crippen LogP contribution in [0.25, 0.3) is 0 Å². The number of rotatable bonds is 7. The molecule has 2 aromatic rings. The van der Waals surface area contributed by atoms with Gasteiger partial charge in [0.1, 0.15) is 10.7 Å². The molecule has 10 nitrogen and oxygen atoms in total. The lowest BCUT2D eigenvalue weighted by Crippen LogP contribution is -2.45. The quantitative estimate of drug-likeness (QED) is 0.664. The van der Waals surface area contributed by atoms with Crippen LogP contribution >= 0.6 is 11.8 Å². The third-order valence-corrected chi connectivity index (χ3v) is 5.31. The van der Waals surface area contributed by atoms with E-state index in [0.29, 0.717) is 40.0 Å². The topological polar surface area (TPSA) is 106 Å². The molecule has 2 aromatic heterocycles. The van der Waals surface area contributed by atoms with E-state index >= 15 is 0 Å². The molecule has 1 fully saturated rings. The molecule has 156 valence electrons. The second-order valence-corrected chi connectivity index (χ2v) is 7.37. The summed E-state index contributed by atoms with van der Waals surface area (Å²) in [7, 11) is 5.20. The number of anilines is 2. The Morgan fingerprint density at radius 3 is 2.38 bits per heavy atom. The average Bonchev–Trinajstić information content (AvgIpc) is 2.74. The first-order valence-electron chi connectivity index (χ1n) is 9.28. The van der Waals surface area contributed by atoms with Gasteiger partial charge in [-0.25, -0.2) is 9.97 Å². The first-order valence-corrected chi connectivity index (χ1v) is 10.1. The summed E-state index contributed by atoms with van der Waals surface area (Å²) in [6, 6.07) is 1.64. The third-order valence-electron chi connectivity index (χ3n) is 4.38. The average molecular weight is 420 g/mol. The van der Waals surface area contributed by atoms with Crippen molar-refractivity contribution in [2.45, 2.75) is 23.4 Å². The lowest BCUT2D eigenvalue weighted by atomic mass is 10.3. The van der Waals surface area contributed by atoms with E-state index in [4.69, 9.17) is 9.47 Å². The molecule has 0 saturated carbocycles. The van der Waals surface area contributed by atoms with E-state index in [1.54, 1.807) is 33.4 Å². The van der Waals surface area contributed by atoms with Crippen molar-refractivity contribution in [1.29, 1.82) is 0 Å². The zero-order chi connectivity index (χ0) is 20.8. The number of nitrogens with zero attached hydrogens (tertiary/aromatic N) is 6. The van der Waals surface area contributed by atoms with Crippen LogP contribution in [-0.4, -0.2) is 78.2 Å². The number of ether oxygens (including phenoxy) is 2. The molecule has 1 saturated heterocycles. The van der Waals surface area contributed by atoms with Crippen LogP contribution in [0.1, 0.15) is 13.3 Å². The van der Waals surface area contributed by atoms with E-state index in [1.165, 1.54) is 11.8 Å². The predicted octanol–water partition coefficient (Wildman–Crippen LogP) is 1.54. The summed E-state index contributed by atoms with van der Waals surface area (Å²) in [4.78, 5) is 34.3. The summed E-state index contributed by atoms with van der Waals surface area (Å²) in [6.07, 6.45) is 1.95. The van der Waals surface area contributed by atoms with Gasteiger partial charge < -0.3 is 24.6 Å². The molecule has 1 aliphatic rings. The summed E-state index contributed by atoms with van der Waals surface area (Å²) in [5, 5.41) is 3.15. The SMILES string of the molecule is CCC(=O)Nc1ccnc(Sc2c(OC)nc(N3CCN(C)CC3)nc2OC)n1. The van der Waals surface area contributed by atoms with Gasteiger partial charge in [0.05, 0.1) is 14.2 Å². The fourth-order valence-electron chi connectivity index (χ4n) is 2.69. The number of nitrogens with one attached hydrogen (secondary N) is 1. The lowest BCUT2D eigenvalue weighted by molar-refractivity contribution is -0.115. The zero-order valence-electron chi connectivity index (χ0n) is 17.0. The minimum absolute atomic E-state index is 0.116. The van der Waals surface area contributed by atoms with Crippen molar-refractivity contribution in [2.75, 3.05) is 57.7 Å². The summed E-state index contributed by atoms with van der Waals surface area (Å²) < 4.78 is 11.0. The molecule has 0 aliphatic carbocycles. The van der Waals surface area contributed by atoms with Crippen molar-refractivity contribution in [3.05, 3.63) is 12.3 Å². The van der Waals surface area contributed by atoms with Crippen LogP contribution in [0.3, 0.4) is 0 Å². The van der Waals surface area contributed by atoms with Gasteiger partial charge in [0.2, 0.25) is 23.6 Å². The molecule has 29 heavy (non-hydrogen) atoms. The van der Waals surface area contributed by atoms with Crippen LogP contribution in [0.15, 0.2) is 22.3 Å². The highest BCUT2D eigenvalue weighted by atomic mass is 32.2. The van der Waals surface area contributed by atoms with E-state index in [2.05, 4.69) is 42.1 Å². The molecule has 1 N–H and O–H groups in total. The molecule has 0 bridgehead atoms. The number of hydrogen-bond donors (Lipinski definition) is 1. The molecule has 1 aliphatic heterocycles. The lowest BCUT2D eigenvalue weighted by Gasteiger charge is -2.32. The van der Waals surface area contributed by atoms with Gasteiger partial charge in [-0.15, -0.1) is 0 Å². The number of piperazine rings is 1. The normalized spacial score (nSPS) is 14.6. The van der Waals surface area contributed by atoms with Gasteiger partial charge in [-0.1, -0.05) is 6.92 Å². The van der Waals surface area contributed by atoms with E-state index in [0.717, 1.165) is 26.2 Å². The summed E-state index contributed by atoms with van der Waals surface area (Å²) in [6.45, 7) is 5.32. The van der Waals surface area contributed by atoms with Crippen molar-refractivity contribution < 1.29 is 14.3 Å². The first-order chi connectivity index (χ1) is 14.0. The van der Waals surface area contributed by atoms with Gasteiger partial charge >= 0.3 is 0 Å². The van der Waals surface area contributed by atoms with Gasteiger partial charge in [-0.2, -0.15) is 9.97 Å². The number of likely N-dealkylation sites (N-methyl/N-ethyl adjacent to an activating group) is 1. The highest BCUT2D eigenvalue weighted by molar-refractivity contribution is 7.99. The Morgan fingerprint density at radius 1 is 1.14 bits per heavy atom. The van der Waals surface area contributed by atoms with Crippen LogP contribution in [0, 0.1) is 0 Å². The molecule has 0 atom stereocenters. The number of methoxy groups -OCH3 is 2. The standard InChI is InChI=1S/C18H25N7O3S/c1-5-13(26)20-12-6-7-19-18(21-12)29-14-15(27-3)22-17(23-16(14)28-4)25-10-8-24(2)9-11-25/h6-7H,5,8-11H2,1-4H3,(H,19,20,21,26). The van der Waals surface area contributed by atoms with E-state index in [1.807, 2.05) is 0 Å². The monoisotopic (exact) mass is 419 g/mol. The number of aromatic nitrogens is 4. The Morgan fingerprint density at radius 2 is 1.79 bits per heavy atom. The minimum atomic E-state index is -0.116. The van der Waals surface area contributed by atoms with Gasteiger partial charge in [0, 0.05) is 38.8 Å². The Kier molecular flexibility index (Phi) is 7.04. The molecule has 3 rings (SSSR count).